The van der Waals surface area contributed by atoms with Crippen LogP contribution < -0.4 is 0 Å². The second-order valence-corrected chi connectivity index (χ2v) is 3.09. The molecule has 1 N–H and O–H groups in total. The van der Waals surface area contributed by atoms with Crippen molar-refractivity contribution in [3.63, 3.8) is 0 Å². The fraction of sp³-hybridized carbons (Fsp3) is 0.857. The molecule has 56 valence electrons. The number of aliphatic carboxylic acids is 1. The van der Waals surface area contributed by atoms with E-state index < -0.39 is 12.1 Å². The molecule has 1 aliphatic carbocycles. The number of fused-ring (bicyclic) bond motifs is 1. The first kappa shape index (κ1) is 6.16. The quantitative estimate of drug-likeness (QED) is 0.579. The number of rotatable bonds is 1. The Bertz CT molecular complexity index is 166. The molecule has 2 rings (SSSR count). The van der Waals surface area contributed by atoms with E-state index in [-0.39, 0.29) is 0 Å². The Hall–Kier alpha value is -0.570. The Morgan fingerprint density at radius 1 is 1.50 bits per heavy atom. The highest BCUT2D eigenvalue weighted by Gasteiger charge is 2.46. The van der Waals surface area contributed by atoms with E-state index >= 15 is 0 Å². The van der Waals surface area contributed by atoms with Gasteiger partial charge < -0.3 is 9.84 Å². The molecule has 0 aromatic heterocycles. The highest BCUT2D eigenvalue weighted by molar-refractivity contribution is 5.73. The van der Waals surface area contributed by atoms with Gasteiger partial charge in [0, 0.05) is 5.92 Å². The lowest BCUT2D eigenvalue weighted by Gasteiger charge is -2.29. The van der Waals surface area contributed by atoms with Crippen molar-refractivity contribution >= 4 is 5.97 Å². The number of carboxylic acids is 1. The summed E-state index contributed by atoms with van der Waals surface area (Å²) in [5, 5.41) is 8.61. The molecule has 0 bridgehead atoms. The van der Waals surface area contributed by atoms with Gasteiger partial charge in [-0.15, -0.1) is 0 Å². The first-order valence-corrected chi connectivity index (χ1v) is 3.63. The number of carbonyl (C=O) groups is 1. The molecule has 0 spiro atoms. The molecule has 10 heavy (non-hydrogen) atoms. The summed E-state index contributed by atoms with van der Waals surface area (Å²) in [7, 11) is 0. The summed E-state index contributed by atoms with van der Waals surface area (Å²) in [4.78, 5) is 10.5. The third-order valence-corrected chi connectivity index (χ3v) is 2.60. The van der Waals surface area contributed by atoms with Gasteiger partial charge in [-0.3, -0.25) is 0 Å². The summed E-state index contributed by atoms with van der Waals surface area (Å²) in [5.41, 5.74) is 0. The average Bonchev–Trinajstić information content (AvgIpc) is 2.07. The number of hydrogen-bond acceptors (Lipinski definition) is 2. The van der Waals surface area contributed by atoms with Crippen molar-refractivity contribution in [1.82, 2.24) is 0 Å². The van der Waals surface area contributed by atoms with E-state index in [1.54, 1.807) is 0 Å². The summed E-state index contributed by atoms with van der Waals surface area (Å²) in [6.07, 6.45) is 1.72. The number of carboxylic acid groups (broad SMARTS) is 1. The molecule has 3 nitrogen and oxygen atoms in total. The number of ether oxygens (including phenoxy) is 1. The van der Waals surface area contributed by atoms with Crippen LogP contribution in [0.4, 0.5) is 0 Å². The molecule has 1 saturated carbocycles. The predicted molar refractivity (Wildman–Crippen MR) is 33.6 cm³/mol. The first-order chi connectivity index (χ1) is 4.79. The van der Waals surface area contributed by atoms with Crippen molar-refractivity contribution in [1.29, 1.82) is 0 Å². The van der Waals surface area contributed by atoms with Crippen LogP contribution in [0, 0.1) is 11.8 Å². The van der Waals surface area contributed by atoms with Crippen LogP contribution in [-0.4, -0.2) is 23.8 Å². The Morgan fingerprint density at radius 3 is 2.60 bits per heavy atom. The van der Waals surface area contributed by atoms with Crippen LogP contribution in [0.15, 0.2) is 0 Å². The van der Waals surface area contributed by atoms with Gasteiger partial charge in [-0.25, -0.2) is 4.79 Å². The zero-order valence-electron chi connectivity index (χ0n) is 5.62. The van der Waals surface area contributed by atoms with Crippen molar-refractivity contribution in [3.8, 4) is 0 Å². The Kier molecular flexibility index (Phi) is 1.20. The van der Waals surface area contributed by atoms with E-state index in [2.05, 4.69) is 0 Å². The molecule has 1 aliphatic heterocycles. The van der Waals surface area contributed by atoms with Crippen LogP contribution in [0.1, 0.15) is 12.8 Å². The largest absolute Gasteiger partial charge is 0.479 e. The maximum atomic E-state index is 10.5. The zero-order valence-corrected chi connectivity index (χ0v) is 5.62. The van der Waals surface area contributed by atoms with Crippen LogP contribution in [-0.2, 0) is 9.53 Å². The summed E-state index contributed by atoms with van der Waals surface area (Å²) in [6.45, 7) is 0.668. The molecule has 3 heteroatoms. The topological polar surface area (TPSA) is 46.5 Å². The van der Waals surface area contributed by atoms with E-state index in [0.29, 0.717) is 18.4 Å². The molecule has 0 unspecified atom stereocenters. The van der Waals surface area contributed by atoms with Crippen molar-refractivity contribution in [2.24, 2.45) is 11.8 Å². The fourth-order valence-corrected chi connectivity index (χ4v) is 1.81. The molecule has 1 heterocycles. The van der Waals surface area contributed by atoms with Gasteiger partial charge in [0.1, 0.15) is 0 Å². The van der Waals surface area contributed by atoms with Crippen molar-refractivity contribution in [3.05, 3.63) is 0 Å². The second-order valence-electron chi connectivity index (χ2n) is 3.09. The van der Waals surface area contributed by atoms with E-state index in [1.807, 2.05) is 0 Å². The summed E-state index contributed by atoms with van der Waals surface area (Å²) >= 11 is 0. The van der Waals surface area contributed by atoms with E-state index in [9.17, 15) is 4.79 Å². The van der Waals surface area contributed by atoms with Gasteiger partial charge in [0.05, 0.1) is 6.61 Å². The monoisotopic (exact) mass is 142 g/mol. The average molecular weight is 142 g/mol. The highest BCUT2D eigenvalue weighted by atomic mass is 16.5. The smallest absolute Gasteiger partial charge is 0.333 e. The molecular weight excluding hydrogens is 132 g/mol. The minimum absolute atomic E-state index is 0.331. The molecule has 0 aromatic rings. The standard InChI is InChI=1S/C7H10O3/c8-7(9)6-5-2-1-4(5)3-10-6/h4-6H,1-3H2,(H,8,9)/t4-,5-,6-/m1/s1. The van der Waals surface area contributed by atoms with Gasteiger partial charge in [-0.05, 0) is 18.8 Å². The lowest BCUT2D eigenvalue weighted by atomic mass is 9.73. The molecule has 0 radical (unpaired) electrons. The third-order valence-electron chi connectivity index (χ3n) is 2.60. The normalized spacial score (nSPS) is 44.2. The predicted octanol–water partition coefficient (Wildman–Crippen LogP) is 0.496. The first-order valence-electron chi connectivity index (χ1n) is 3.63. The van der Waals surface area contributed by atoms with Crippen LogP contribution in [0.25, 0.3) is 0 Å². The van der Waals surface area contributed by atoms with Crippen LogP contribution in [0.5, 0.6) is 0 Å². The lowest BCUT2D eigenvalue weighted by Crippen LogP contribution is -2.34. The molecule has 0 amide bonds. The van der Waals surface area contributed by atoms with Crippen LogP contribution in [0.2, 0.25) is 0 Å². The van der Waals surface area contributed by atoms with Gasteiger partial charge in [0.2, 0.25) is 0 Å². The third kappa shape index (κ3) is 0.669. The zero-order chi connectivity index (χ0) is 7.14. The summed E-state index contributed by atoms with van der Waals surface area (Å²) in [5.74, 6) is 0.103. The van der Waals surface area contributed by atoms with E-state index in [0.717, 1.165) is 12.8 Å². The van der Waals surface area contributed by atoms with E-state index in [4.69, 9.17) is 9.84 Å². The minimum Gasteiger partial charge on any atom is -0.479 e. The highest BCUT2D eigenvalue weighted by Crippen LogP contribution is 2.43. The number of hydrogen-bond donors (Lipinski definition) is 1. The Morgan fingerprint density at radius 2 is 2.30 bits per heavy atom. The van der Waals surface area contributed by atoms with Crippen molar-refractivity contribution in [2.45, 2.75) is 18.9 Å². The summed E-state index contributed by atoms with van der Waals surface area (Å²) < 4.78 is 5.10. The molecule has 3 atom stereocenters. The lowest BCUT2D eigenvalue weighted by molar-refractivity contribution is -0.149. The molecule has 1 saturated heterocycles. The van der Waals surface area contributed by atoms with Gasteiger partial charge in [0.15, 0.2) is 6.10 Å². The SMILES string of the molecule is O=C(O)[C@@H]1OC[C@H]2CC[C@H]21. The maximum absolute atomic E-state index is 10.5. The fourth-order valence-electron chi connectivity index (χ4n) is 1.81. The maximum Gasteiger partial charge on any atom is 0.333 e. The van der Waals surface area contributed by atoms with Gasteiger partial charge in [-0.1, -0.05) is 0 Å². The van der Waals surface area contributed by atoms with Gasteiger partial charge in [0.25, 0.3) is 0 Å². The van der Waals surface area contributed by atoms with E-state index in [1.165, 1.54) is 0 Å². The Balaban J connectivity index is 2.05. The Labute approximate surface area is 59.0 Å². The van der Waals surface area contributed by atoms with Gasteiger partial charge >= 0.3 is 5.97 Å². The second kappa shape index (κ2) is 1.95. The van der Waals surface area contributed by atoms with Crippen molar-refractivity contribution < 1.29 is 14.6 Å². The van der Waals surface area contributed by atoms with Crippen LogP contribution >= 0.6 is 0 Å². The minimum atomic E-state index is -0.785. The molecule has 2 aliphatic rings. The molecule has 0 aromatic carbocycles. The van der Waals surface area contributed by atoms with Gasteiger partial charge in [-0.2, -0.15) is 0 Å². The van der Waals surface area contributed by atoms with Crippen LogP contribution in [0.3, 0.4) is 0 Å². The summed E-state index contributed by atoms with van der Waals surface area (Å²) in [6, 6.07) is 0. The molecule has 2 fully saturated rings. The van der Waals surface area contributed by atoms with Crippen molar-refractivity contribution in [2.75, 3.05) is 6.61 Å². The molecular formula is C7H10O3.